The number of aryl methyl sites for hydroxylation is 2. The summed E-state index contributed by atoms with van der Waals surface area (Å²) in [6, 6.07) is 8.20. The molecule has 7 heteroatoms. The molecule has 0 aliphatic heterocycles. The average molecular weight is 384 g/mol. The second-order valence-corrected chi connectivity index (χ2v) is 7.58. The Morgan fingerprint density at radius 2 is 1.60 bits per heavy atom. The molecule has 0 saturated heterocycles. The molecule has 0 amide bonds. The van der Waals surface area contributed by atoms with Crippen molar-refractivity contribution in [3.63, 3.8) is 0 Å². The van der Waals surface area contributed by atoms with E-state index in [1.54, 1.807) is 38.1 Å². The van der Waals surface area contributed by atoms with Gasteiger partial charge in [-0.25, -0.2) is 8.42 Å². The van der Waals surface area contributed by atoms with E-state index in [1.807, 2.05) is 13.8 Å². The van der Waals surface area contributed by atoms with Crippen molar-refractivity contribution < 1.29 is 17.9 Å². The molecule has 25 heavy (non-hydrogen) atoms. The van der Waals surface area contributed by atoms with E-state index in [0.29, 0.717) is 29.7 Å². The highest BCUT2D eigenvalue weighted by Crippen LogP contribution is 2.34. The Kier molecular flexibility index (Phi) is 6.19. The van der Waals surface area contributed by atoms with Gasteiger partial charge in [-0.15, -0.1) is 0 Å². The Balaban J connectivity index is 2.52. The molecule has 0 unspecified atom stereocenters. The van der Waals surface area contributed by atoms with Crippen LogP contribution in [-0.4, -0.2) is 21.6 Å². The highest BCUT2D eigenvalue weighted by Gasteiger charge is 2.23. The minimum atomic E-state index is -3.88. The van der Waals surface area contributed by atoms with Gasteiger partial charge in [0.2, 0.25) is 0 Å². The number of hydrogen-bond donors (Lipinski definition) is 1. The summed E-state index contributed by atoms with van der Waals surface area (Å²) in [5.41, 5.74) is 2.00. The SMILES string of the molecule is CCOc1cc(S(=O)(=O)Nc2cc(Cl)ccc2C)c(OCC)cc1C. The van der Waals surface area contributed by atoms with Crippen LogP contribution >= 0.6 is 11.6 Å². The third-order valence-electron chi connectivity index (χ3n) is 3.57. The molecule has 0 radical (unpaired) electrons. The van der Waals surface area contributed by atoms with E-state index in [1.165, 1.54) is 6.07 Å². The molecule has 5 nitrogen and oxygen atoms in total. The maximum Gasteiger partial charge on any atom is 0.265 e. The molecule has 0 heterocycles. The second-order valence-electron chi connectivity index (χ2n) is 5.50. The number of benzene rings is 2. The third-order valence-corrected chi connectivity index (χ3v) is 5.20. The summed E-state index contributed by atoms with van der Waals surface area (Å²) in [7, 11) is -3.88. The smallest absolute Gasteiger partial charge is 0.265 e. The maximum atomic E-state index is 12.9. The van der Waals surface area contributed by atoms with Crippen LogP contribution in [0.5, 0.6) is 11.5 Å². The standard InChI is InChI=1S/C18H22ClNO4S/c1-5-23-16-11-18(17(24-6-2)9-13(16)4)25(21,22)20-15-10-14(19)8-7-12(15)3/h7-11,20H,5-6H2,1-4H3. The Morgan fingerprint density at radius 3 is 2.24 bits per heavy atom. The van der Waals surface area contributed by atoms with Crippen LogP contribution in [0.15, 0.2) is 35.2 Å². The van der Waals surface area contributed by atoms with Gasteiger partial charge in [0, 0.05) is 11.1 Å². The van der Waals surface area contributed by atoms with Gasteiger partial charge >= 0.3 is 0 Å². The fraction of sp³-hybridized carbons (Fsp3) is 0.333. The van der Waals surface area contributed by atoms with Crippen molar-refractivity contribution in [1.82, 2.24) is 0 Å². The first-order valence-electron chi connectivity index (χ1n) is 7.97. The Hall–Kier alpha value is -1.92. The number of halogens is 1. The summed E-state index contributed by atoms with van der Waals surface area (Å²) in [5, 5.41) is 0.451. The molecule has 0 aliphatic rings. The predicted octanol–water partition coefficient (Wildman–Crippen LogP) is 4.56. The molecular weight excluding hydrogens is 362 g/mol. The van der Waals surface area contributed by atoms with Crippen LogP contribution in [0.3, 0.4) is 0 Å². The Bertz CT molecular complexity index is 866. The maximum absolute atomic E-state index is 12.9. The van der Waals surface area contributed by atoms with Crippen molar-refractivity contribution in [3.8, 4) is 11.5 Å². The van der Waals surface area contributed by atoms with Gasteiger partial charge in [0.1, 0.15) is 16.4 Å². The number of rotatable bonds is 7. The summed E-state index contributed by atoms with van der Waals surface area (Å²) in [4.78, 5) is 0.0303. The van der Waals surface area contributed by atoms with E-state index in [9.17, 15) is 8.42 Å². The van der Waals surface area contributed by atoms with Crippen molar-refractivity contribution >= 4 is 27.3 Å². The highest BCUT2D eigenvalue weighted by molar-refractivity contribution is 7.92. The molecule has 1 N–H and O–H groups in total. The summed E-state index contributed by atoms with van der Waals surface area (Å²) in [6.07, 6.45) is 0. The van der Waals surface area contributed by atoms with Crippen LogP contribution in [0.4, 0.5) is 5.69 Å². The van der Waals surface area contributed by atoms with Crippen molar-refractivity contribution in [1.29, 1.82) is 0 Å². The molecule has 136 valence electrons. The van der Waals surface area contributed by atoms with Crippen molar-refractivity contribution in [2.45, 2.75) is 32.6 Å². The van der Waals surface area contributed by atoms with Gasteiger partial charge in [0.05, 0.1) is 18.9 Å². The van der Waals surface area contributed by atoms with Crippen LogP contribution in [0.2, 0.25) is 5.02 Å². The zero-order chi connectivity index (χ0) is 18.6. The number of anilines is 1. The topological polar surface area (TPSA) is 64.6 Å². The minimum absolute atomic E-state index is 0.0303. The molecule has 0 saturated carbocycles. The Morgan fingerprint density at radius 1 is 0.960 bits per heavy atom. The quantitative estimate of drug-likeness (QED) is 0.761. The normalized spacial score (nSPS) is 11.2. The van der Waals surface area contributed by atoms with Crippen LogP contribution in [0.1, 0.15) is 25.0 Å². The van der Waals surface area contributed by atoms with Gasteiger partial charge in [-0.3, -0.25) is 4.72 Å². The Labute approximate surface area is 154 Å². The fourth-order valence-electron chi connectivity index (χ4n) is 2.34. The molecule has 0 aliphatic carbocycles. The lowest BCUT2D eigenvalue weighted by atomic mass is 10.2. The molecule has 0 atom stereocenters. The van der Waals surface area contributed by atoms with Gasteiger partial charge < -0.3 is 9.47 Å². The second kappa shape index (κ2) is 7.97. The van der Waals surface area contributed by atoms with E-state index in [2.05, 4.69) is 4.72 Å². The van der Waals surface area contributed by atoms with Crippen LogP contribution in [0.25, 0.3) is 0 Å². The molecule has 2 aromatic carbocycles. The summed E-state index contributed by atoms with van der Waals surface area (Å²) in [5.74, 6) is 0.796. The minimum Gasteiger partial charge on any atom is -0.494 e. The lowest BCUT2D eigenvalue weighted by molar-refractivity contribution is 0.321. The first kappa shape index (κ1) is 19.4. The van der Waals surface area contributed by atoms with E-state index in [4.69, 9.17) is 21.1 Å². The van der Waals surface area contributed by atoms with Gasteiger partial charge in [-0.1, -0.05) is 17.7 Å². The predicted molar refractivity (Wildman–Crippen MR) is 101 cm³/mol. The van der Waals surface area contributed by atoms with Gasteiger partial charge in [0.25, 0.3) is 10.0 Å². The highest BCUT2D eigenvalue weighted by atomic mass is 35.5. The fourth-order valence-corrected chi connectivity index (χ4v) is 3.77. The molecule has 0 fully saturated rings. The van der Waals surface area contributed by atoms with E-state index in [-0.39, 0.29) is 10.6 Å². The number of hydrogen-bond acceptors (Lipinski definition) is 4. The van der Waals surface area contributed by atoms with Crippen molar-refractivity contribution in [2.75, 3.05) is 17.9 Å². The summed E-state index contributed by atoms with van der Waals surface area (Å²) < 4.78 is 39.5. The van der Waals surface area contributed by atoms with Gasteiger partial charge in [0.15, 0.2) is 0 Å². The lowest BCUT2D eigenvalue weighted by Gasteiger charge is -2.17. The first-order valence-corrected chi connectivity index (χ1v) is 9.83. The van der Waals surface area contributed by atoms with Gasteiger partial charge in [-0.2, -0.15) is 0 Å². The van der Waals surface area contributed by atoms with E-state index < -0.39 is 10.0 Å². The van der Waals surface area contributed by atoms with Crippen LogP contribution in [-0.2, 0) is 10.0 Å². The van der Waals surface area contributed by atoms with Crippen molar-refractivity contribution in [3.05, 3.63) is 46.5 Å². The molecule has 0 spiro atoms. The number of ether oxygens (including phenoxy) is 2. The molecule has 2 aromatic rings. The lowest BCUT2D eigenvalue weighted by Crippen LogP contribution is -2.16. The average Bonchev–Trinajstić information content (AvgIpc) is 2.53. The van der Waals surface area contributed by atoms with Crippen molar-refractivity contribution in [2.24, 2.45) is 0 Å². The summed E-state index contributed by atoms with van der Waals surface area (Å²) >= 11 is 5.98. The van der Waals surface area contributed by atoms with Crippen LogP contribution < -0.4 is 14.2 Å². The molecule has 2 rings (SSSR count). The molecule has 0 aromatic heterocycles. The zero-order valence-corrected chi connectivity index (χ0v) is 16.3. The number of sulfonamides is 1. The number of nitrogens with one attached hydrogen (secondary N) is 1. The van der Waals surface area contributed by atoms with Gasteiger partial charge in [-0.05, 0) is 57.0 Å². The van der Waals surface area contributed by atoms with Crippen LogP contribution in [0, 0.1) is 13.8 Å². The zero-order valence-electron chi connectivity index (χ0n) is 14.7. The summed E-state index contributed by atoms with van der Waals surface area (Å²) in [6.45, 7) is 8.09. The first-order chi connectivity index (χ1) is 11.8. The molecule has 0 bridgehead atoms. The monoisotopic (exact) mass is 383 g/mol. The van der Waals surface area contributed by atoms with E-state index >= 15 is 0 Å². The van der Waals surface area contributed by atoms with E-state index in [0.717, 1.165) is 11.1 Å². The molecular formula is C18H22ClNO4S. The third kappa shape index (κ3) is 4.58. The largest absolute Gasteiger partial charge is 0.494 e.